The lowest BCUT2D eigenvalue weighted by atomic mass is 10.2. The summed E-state index contributed by atoms with van der Waals surface area (Å²) in [6.07, 6.45) is 0. The van der Waals surface area contributed by atoms with Gasteiger partial charge in [-0.1, -0.05) is 0 Å². The number of benzene rings is 2. The highest BCUT2D eigenvalue weighted by Crippen LogP contribution is 2.27. The highest BCUT2D eigenvalue weighted by atomic mass is 19.1. The van der Waals surface area contributed by atoms with Gasteiger partial charge in [-0.3, -0.25) is 0 Å². The Morgan fingerprint density at radius 2 is 1.89 bits per heavy atom. The van der Waals surface area contributed by atoms with Crippen LogP contribution < -0.4 is 10.5 Å². The molecule has 2 N–H and O–H groups in total. The number of nitrogens with two attached hydrogens (primary N) is 1. The Kier molecular flexibility index (Phi) is 3.58. The lowest BCUT2D eigenvalue weighted by molar-refractivity contribution is 0.471. The Morgan fingerprint density at radius 1 is 1.11 bits per heavy atom. The first-order chi connectivity index (χ1) is 8.60. The standard InChI is InChI=1S/C14H13F2NO/c1-9-6-12(3-4-13(9)16)18-14-5-2-11(15)7-10(14)8-17/h2-7H,8,17H2,1H3. The fourth-order valence-corrected chi connectivity index (χ4v) is 1.61. The zero-order valence-electron chi connectivity index (χ0n) is 9.91. The van der Waals surface area contributed by atoms with Crippen molar-refractivity contribution in [1.29, 1.82) is 0 Å². The molecule has 0 aliphatic heterocycles. The van der Waals surface area contributed by atoms with E-state index in [9.17, 15) is 8.78 Å². The Balaban J connectivity index is 2.30. The zero-order valence-corrected chi connectivity index (χ0v) is 9.91. The van der Waals surface area contributed by atoms with Gasteiger partial charge in [0.1, 0.15) is 23.1 Å². The van der Waals surface area contributed by atoms with Crippen LogP contribution in [0.15, 0.2) is 36.4 Å². The van der Waals surface area contributed by atoms with E-state index in [1.54, 1.807) is 13.0 Å². The van der Waals surface area contributed by atoms with Crippen LogP contribution in [0.5, 0.6) is 11.5 Å². The summed E-state index contributed by atoms with van der Waals surface area (Å²) in [6.45, 7) is 1.82. The molecule has 0 radical (unpaired) electrons. The summed E-state index contributed by atoms with van der Waals surface area (Å²) in [5, 5.41) is 0. The van der Waals surface area contributed by atoms with Crippen molar-refractivity contribution in [3.63, 3.8) is 0 Å². The fraction of sp³-hybridized carbons (Fsp3) is 0.143. The van der Waals surface area contributed by atoms with Gasteiger partial charge in [0.25, 0.3) is 0 Å². The van der Waals surface area contributed by atoms with Crippen LogP contribution in [0.3, 0.4) is 0 Å². The molecule has 0 fully saturated rings. The largest absolute Gasteiger partial charge is 0.457 e. The molecule has 0 aliphatic carbocycles. The average Bonchev–Trinajstić information content (AvgIpc) is 2.36. The number of hydrogen-bond donors (Lipinski definition) is 1. The van der Waals surface area contributed by atoms with Crippen molar-refractivity contribution in [3.8, 4) is 11.5 Å². The summed E-state index contributed by atoms with van der Waals surface area (Å²) in [6, 6.07) is 8.56. The molecule has 0 aliphatic rings. The molecule has 0 atom stereocenters. The van der Waals surface area contributed by atoms with Crippen molar-refractivity contribution in [2.24, 2.45) is 5.73 Å². The Hall–Kier alpha value is -1.94. The quantitative estimate of drug-likeness (QED) is 0.903. The normalized spacial score (nSPS) is 10.4. The van der Waals surface area contributed by atoms with Crippen molar-refractivity contribution in [3.05, 3.63) is 59.2 Å². The molecule has 0 aromatic heterocycles. The first-order valence-electron chi connectivity index (χ1n) is 5.52. The molecule has 0 amide bonds. The topological polar surface area (TPSA) is 35.2 Å². The van der Waals surface area contributed by atoms with Crippen LogP contribution in [0.4, 0.5) is 8.78 Å². The van der Waals surface area contributed by atoms with Gasteiger partial charge >= 0.3 is 0 Å². The third-order valence-electron chi connectivity index (χ3n) is 2.60. The molecule has 0 saturated heterocycles. The Labute approximate surface area is 104 Å². The van der Waals surface area contributed by atoms with Crippen molar-refractivity contribution in [2.75, 3.05) is 0 Å². The smallest absolute Gasteiger partial charge is 0.132 e. The van der Waals surface area contributed by atoms with E-state index in [-0.39, 0.29) is 18.2 Å². The van der Waals surface area contributed by atoms with Gasteiger partial charge in [0.2, 0.25) is 0 Å². The Bertz CT molecular complexity index is 570. The minimum atomic E-state index is -0.363. The Morgan fingerprint density at radius 3 is 2.56 bits per heavy atom. The van der Waals surface area contributed by atoms with E-state index in [1.807, 2.05) is 0 Å². The van der Waals surface area contributed by atoms with E-state index >= 15 is 0 Å². The molecule has 2 rings (SSSR count). The maximum atomic E-state index is 13.1. The predicted octanol–water partition coefficient (Wildman–Crippen LogP) is 3.52. The van der Waals surface area contributed by atoms with Crippen molar-refractivity contribution >= 4 is 0 Å². The van der Waals surface area contributed by atoms with E-state index in [4.69, 9.17) is 10.5 Å². The summed E-state index contributed by atoms with van der Waals surface area (Å²) in [5.74, 6) is 0.318. The van der Waals surface area contributed by atoms with Crippen LogP contribution in [0.1, 0.15) is 11.1 Å². The lowest BCUT2D eigenvalue weighted by Gasteiger charge is -2.10. The highest BCUT2D eigenvalue weighted by Gasteiger charge is 2.06. The second-order valence-corrected chi connectivity index (χ2v) is 3.97. The highest BCUT2D eigenvalue weighted by molar-refractivity contribution is 5.39. The van der Waals surface area contributed by atoms with Gasteiger partial charge in [-0.05, 0) is 48.9 Å². The van der Waals surface area contributed by atoms with Crippen molar-refractivity contribution in [2.45, 2.75) is 13.5 Å². The SMILES string of the molecule is Cc1cc(Oc2ccc(F)cc2CN)ccc1F. The zero-order chi connectivity index (χ0) is 13.1. The maximum Gasteiger partial charge on any atom is 0.132 e. The average molecular weight is 249 g/mol. The molecule has 0 saturated carbocycles. The first-order valence-corrected chi connectivity index (χ1v) is 5.52. The lowest BCUT2D eigenvalue weighted by Crippen LogP contribution is -2.00. The van der Waals surface area contributed by atoms with Crippen LogP contribution in [-0.4, -0.2) is 0 Å². The first kappa shape index (κ1) is 12.5. The van der Waals surface area contributed by atoms with Gasteiger partial charge in [-0.15, -0.1) is 0 Å². The molecule has 94 valence electrons. The number of ether oxygens (including phenoxy) is 1. The van der Waals surface area contributed by atoms with Gasteiger partial charge in [-0.2, -0.15) is 0 Å². The molecule has 0 spiro atoms. The summed E-state index contributed by atoms with van der Waals surface area (Å²) >= 11 is 0. The summed E-state index contributed by atoms with van der Waals surface area (Å²) in [5.41, 5.74) is 6.58. The third kappa shape index (κ3) is 2.65. The number of hydrogen-bond acceptors (Lipinski definition) is 2. The van der Waals surface area contributed by atoms with Gasteiger partial charge in [-0.25, -0.2) is 8.78 Å². The van der Waals surface area contributed by atoms with E-state index in [1.165, 1.54) is 30.3 Å². The summed E-state index contributed by atoms with van der Waals surface area (Å²) in [7, 11) is 0. The molecule has 2 aromatic carbocycles. The molecule has 2 nitrogen and oxygen atoms in total. The van der Waals surface area contributed by atoms with Gasteiger partial charge in [0, 0.05) is 12.1 Å². The minimum absolute atomic E-state index is 0.174. The van der Waals surface area contributed by atoms with Crippen LogP contribution in [0, 0.1) is 18.6 Å². The van der Waals surface area contributed by atoms with Gasteiger partial charge < -0.3 is 10.5 Å². The van der Waals surface area contributed by atoms with Crippen LogP contribution in [-0.2, 0) is 6.54 Å². The van der Waals surface area contributed by atoms with Crippen molar-refractivity contribution in [1.82, 2.24) is 0 Å². The maximum absolute atomic E-state index is 13.1. The number of aryl methyl sites for hydroxylation is 1. The molecule has 0 bridgehead atoms. The van der Waals surface area contributed by atoms with E-state index in [2.05, 4.69) is 0 Å². The van der Waals surface area contributed by atoms with E-state index in [0.717, 1.165) is 0 Å². The summed E-state index contributed by atoms with van der Waals surface area (Å²) < 4.78 is 31.7. The van der Waals surface area contributed by atoms with Crippen LogP contribution in [0.2, 0.25) is 0 Å². The van der Waals surface area contributed by atoms with Crippen molar-refractivity contribution < 1.29 is 13.5 Å². The van der Waals surface area contributed by atoms with Crippen LogP contribution in [0.25, 0.3) is 0 Å². The number of halogens is 2. The van der Waals surface area contributed by atoms with E-state index in [0.29, 0.717) is 22.6 Å². The van der Waals surface area contributed by atoms with Gasteiger partial charge in [0.15, 0.2) is 0 Å². The number of rotatable bonds is 3. The molecule has 18 heavy (non-hydrogen) atoms. The minimum Gasteiger partial charge on any atom is -0.457 e. The van der Waals surface area contributed by atoms with Crippen LogP contribution >= 0.6 is 0 Å². The molecular weight excluding hydrogens is 236 g/mol. The monoisotopic (exact) mass is 249 g/mol. The molecule has 0 heterocycles. The second-order valence-electron chi connectivity index (χ2n) is 3.97. The second kappa shape index (κ2) is 5.14. The predicted molar refractivity (Wildman–Crippen MR) is 65.5 cm³/mol. The van der Waals surface area contributed by atoms with Gasteiger partial charge in [0.05, 0.1) is 0 Å². The summed E-state index contributed by atoms with van der Waals surface area (Å²) in [4.78, 5) is 0. The fourth-order valence-electron chi connectivity index (χ4n) is 1.61. The third-order valence-corrected chi connectivity index (χ3v) is 2.60. The molecule has 0 unspecified atom stereocenters. The molecule has 2 aromatic rings. The molecular formula is C14H13F2NO. The molecule has 4 heteroatoms. The van der Waals surface area contributed by atoms with E-state index < -0.39 is 0 Å².